The Morgan fingerprint density at radius 2 is 2.22 bits per heavy atom. The van der Waals surface area contributed by atoms with Crippen LogP contribution >= 0.6 is 0 Å². The van der Waals surface area contributed by atoms with E-state index in [1.807, 2.05) is 25.1 Å². The molecule has 0 radical (unpaired) electrons. The summed E-state index contributed by atoms with van der Waals surface area (Å²) in [6, 6.07) is 5.78. The molecular weight excluding hydrogens is 228 g/mol. The van der Waals surface area contributed by atoms with E-state index in [4.69, 9.17) is 4.74 Å². The fourth-order valence-electron chi connectivity index (χ4n) is 2.31. The molecule has 1 fully saturated rings. The highest BCUT2D eigenvalue weighted by Gasteiger charge is 2.29. The van der Waals surface area contributed by atoms with Crippen molar-refractivity contribution >= 4 is 11.6 Å². The maximum Gasteiger partial charge on any atom is 0.229 e. The molecule has 2 rings (SSSR count). The Hall–Kier alpha value is -1.55. The lowest BCUT2D eigenvalue weighted by atomic mass is 9.97. The predicted octanol–water partition coefficient (Wildman–Crippen LogP) is 1.80. The standard InChI is InChI=1S/C14H20N2O2/c1-9-4-5-13(18-3)12(6-9)16-14(17)11-8-15-7-10(11)2/h4-6,10-11,15H,7-8H2,1-3H3,(H,16,17). The minimum Gasteiger partial charge on any atom is -0.495 e. The molecule has 4 heteroatoms. The Kier molecular flexibility index (Phi) is 3.87. The van der Waals surface area contributed by atoms with Crippen LogP contribution in [0.3, 0.4) is 0 Å². The van der Waals surface area contributed by atoms with E-state index in [-0.39, 0.29) is 11.8 Å². The first-order valence-corrected chi connectivity index (χ1v) is 6.28. The fraction of sp³-hybridized carbons (Fsp3) is 0.500. The monoisotopic (exact) mass is 248 g/mol. The third-order valence-electron chi connectivity index (χ3n) is 3.47. The van der Waals surface area contributed by atoms with Crippen LogP contribution in [0.1, 0.15) is 12.5 Å². The van der Waals surface area contributed by atoms with Gasteiger partial charge in [0.1, 0.15) is 5.75 Å². The zero-order chi connectivity index (χ0) is 13.1. The number of rotatable bonds is 3. The van der Waals surface area contributed by atoms with Crippen LogP contribution in [-0.4, -0.2) is 26.1 Å². The zero-order valence-corrected chi connectivity index (χ0v) is 11.1. The quantitative estimate of drug-likeness (QED) is 0.857. The number of nitrogens with one attached hydrogen (secondary N) is 2. The fourth-order valence-corrected chi connectivity index (χ4v) is 2.31. The third-order valence-corrected chi connectivity index (χ3v) is 3.47. The van der Waals surface area contributed by atoms with Crippen molar-refractivity contribution in [1.82, 2.24) is 5.32 Å². The first kappa shape index (κ1) is 12.9. The second-order valence-electron chi connectivity index (χ2n) is 4.94. The van der Waals surface area contributed by atoms with E-state index in [0.717, 1.165) is 24.3 Å². The number of aryl methyl sites for hydroxylation is 1. The summed E-state index contributed by atoms with van der Waals surface area (Å²) in [4.78, 5) is 12.2. The van der Waals surface area contributed by atoms with Crippen LogP contribution in [0.15, 0.2) is 18.2 Å². The Bertz CT molecular complexity index is 445. The van der Waals surface area contributed by atoms with E-state index in [2.05, 4.69) is 17.6 Å². The lowest BCUT2D eigenvalue weighted by Gasteiger charge is -2.16. The van der Waals surface area contributed by atoms with E-state index in [1.54, 1.807) is 7.11 Å². The molecule has 1 saturated heterocycles. The van der Waals surface area contributed by atoms with Crippen molar-refractivity contribution in [3.63, 3.8) is 0 Å². The molecular formula is C14H20N2O2. The average Bonchev–Trinajstić information content (AvgIpc) is 2.76. The van der Waals surface area contributed by atoms with Gasteiger partial charge in [-0.2, -0.15) is 0 Å². The van der Waals surface area contributed by atoms with Crippen molar-refractivity contribution in [2.45, 2.75) is 13.8 Å². The van der Waals surface area contributed by atoms with Gasteiger partial charge >= 0.3 is 0 Å². The molecule has 18 heavy (non-hydrogen) atoms. The normalized spacial score (nSPS) is 22.8. The molecule has 0 saturated carbocycles. The Labute approximate surface area is 108 Å². The molecule has 0 aliphatic carbocycles. The number of carbonyl (C=O) groups excluding carboxylic acids is 1. The van der Waals surface area contributed by atoms with Crippen molar-refractivity contribution in [1.29, 1.82) is 0 Å². The summed E-state index contributed by atoms with van der Waals surface area (Å²) in [6.07, 6.45) is 0. The summed E-state index contributed by atoms with van der Waals surface area (Å²) in [5.41, 5.74) is 1.85. The number of anilines is 1. The first-order chi connectivity index (χ1) is 8.61. The molecule has 1 aromatic rings. The van der Waals surface area contributed by atoms with Gasteiger partial charge in [-0.25, -0.2) is 0 Å². The Balaban J connectivity index is 2.13. The van der Waals surface area contributed by atoms with Gasteiger partial charge in [-0.3, -0.25) is 4.79 Å². The lowest BCUT2D eigenvalue weighted by molar-refractivity contribution is -0.120. The molecule has 0 spiro atoms. The topological polar surface area (TPSA) is 50.4 Å². The van der Waals surface area contributed by atoms with Crippen LogP contribution in [-0.2, 0) is 4.79 Å². The molecule has 98 valence electrons. The van der Waals surface area contributed by atoms with Gasteiger partial charge in [0, 0.05) is 6.54 Å². The number of methoxy groups -OCH3 is 1. The Morgan fingerprint density at radius 1 is 1.44 bits per heavy atom. The van der Waals surface area contributed by atoms with Crippen molar-refractivity contribution in [2.24, 2.45) is 11.8 Å². The number of ether oxygens (including phenoxy) is 1. The molecule has 2 unspecified atom stereocenters. The summed E-state index contributed by atoms with van der Waals surface area (Å²) in [7, 11) is 1.61. The highest BCUT2D eigenvalue weighted by molar-refractivity contribution is 5.94. The lowest BCUT2D eigenvalue weighted by Crippen LogP contribution is -2.28. The van der Waals surface area contributed by atoms with Crippen molar-refractivity contribution in [3.8, 4) is 5.75 Å². The number of carbonyl (C=O) groups is 1. The second kappa shape index (κ2) is 5.40. The van der Waals surface area contributed by atoms with Crippen LogP contribution in [0.2, 0.25) is 0 Å². The number of benzene rings is 1. The minimum atomic E-state index is 0.0372. The average molecular weight is 248 g/mol. The van der Waals surface area contributed by atoms with E-state index < -0.39 is 0 Å². The van der Waals surface area contributed by atoms with E-state index in [0.29, 0.717) is 11.7 Å². The minimum absolute atomic E-state index is 0.0372. The van der Waals surface area contributed by atoms with Gasteiger partial charge in [-0.05, 0) is 37.1 Å². The highest BCUT2D eigenvalue weighted by atomic mass is 16.5. The van der Waals surface area contributed by atoms with Crippen LogP contribution in [0.5, 0.6) is 5.75 Å². The molecule has 2 atom stereocenters. The van der Waals surface area contributed by atoms with Gasteiger partial charge in [-0.15, -0.1) is 0 Å². The SMILES string of the molecule is COc1ccc(C)cc1NC(=O)C1CNCC1C. The molecule has 1 amide bonds. The summed E-state index contributed by atoms with van der Waals surface area (Å²) in [5.74, 6) is 1.18. The smallest absolute Gasteiger partial charge is 0.229 e. The maximum absolute atomic E-state index is 12.2. The van der Waals surface area contributed by atoms with Gasteiger partial charge in [0.25, 0.3) is 0 Å². The molecule has 1 aliphatic rings. The Morgan fingerprint density at radius 3 is 2.83 bits per heavy atom. The zero-order valence-electron chi connectivity index (χ0n) is 11.1. The number of hydrogen-bond donors (Lipinski definition) is 2. The van der Waals surface area contributed by atoms with Crippen molar-refractivity contribution < 1.29 is 9.53 Å². The van der Waals surface area contributed by atoms with Crippen LogP contribution in [0.25, 0.3) is 0 Å². The van der Waals surface area contributed by atoms with Gasteiger partial charge in [-0.1, -0.05) is 13.0 Å². The molecule has 2 N–H and O–H groups in total. The van der Waals surface area contributed by atoms with Gasteiger partial charge < -0.3 is 15.4 Å². The molecule has 1 aromatic carbocycles. The number of amides is 1. The maximum atomic E-state index is 12.2. The van der Waals surface area contributed by atoms with Crippen molar-refractivity contribution in [2.75, 3.05) is 25.5 Å². The summed E-state index contributed by atoms with van der Waals surface area (Å²) in [6.45, 7) is 5.75. The molecule has 1 aliphatic heterocycles. The predicted molar refractivity (Wildman–Crippen MR) is 71.9 cm³/mol. The summed E-state index contributed by atoms with van der Waals surface area (Å²) in [5, 5.41) is 6.21. The van der Waals surface area contributed by atoms with E-state index >= 15 is 0 Å². The number of hydrogen-bond acceptors (Lipinski definition) is 3. The summed E-state index contributed by atoms with van der Waals surface area (Å²) < 4.78 is 5.26. The van der Waals surface area contributed by atoms with Crippen LogP contribution in [0, 0.1) is 18.8 Å². The molecule has 4 nitrogen and oxygen atoms in total. The third kappa shape index (κ3) is 2.64. The van der Waals surface area contributed by atoms with Gasteiger partial charge in [0.2, 0.25) is 5.91 Å². The highest BCUT2D eigenvalue weighted by Crippen LogP contribution is 2.27. The van der Waals surface area contributed by atoms with Crippen LogP contribution in [0.4, 0.5) is 5.69 Å². The van der Waals surface area contributed by atoms with E-state index in [1.165, 1.54) is 0 Å². The summed E-state index contributed by atoms with van der Waals surface area (Å²) >= 11 is 0. The van der Waals surface area contributed by atoms with Crippen LogP contribution < -0.4 is 15.4 Å². The largest absolute Gasteiger partial charge is 0.495 e. The van der Waals surface area contributed by atoms with Crippen molar-refractivity contribution in [3.05, 3.63) is 23.8 Å². The second-order valence-corrected chi connectivity index (χ2v) is 4.94. The molecule has 1 heterocycles. The first-order valence-electron chi connectivity index (χ1n) is 6.28. The van der Waals surface area contributed by atoms with E-state index in [9.17, 15) is 4.79 Å². The van der Waals surface area contributed by atoms with Gasteiger partial charge in [0.05, 0.1) is 18.7 Å². The molecule has 0 aromatic heterocycles. The molecule has 0 bridgehead atoms. The van der Waals surface area contributed by atoms with Gasteiger partial charge in [0.15, 0.2) is 0 Å².